The topological polar surface area (TPSA) is 35.2 Å². The van der Waals surface area contributed by atoms with Crippen molar-refractivity contribution in [1.29, 1.82) is 0 Å². The monoisotopic (exact) mass is 255 g/mol. The molecule has 0 spiro atoms. The normalized spacial score (nSPS) is 18.3. The Labute approximate surface area is 106 Å². The van der Waals surface area contributed by atoms with Crippen molar-refractivity contribution in [2.75, 3.05) is 13.7 Å². The van der Waals surface area contributed by atoms with E-state index in [4.69, 9.17) is 10.5 Å². The number of nitrogens with two attached hydrogens (primary N) is 1. The van der Waals surface area contributed by atoms with Crippen LogP contribution >= 0.6 is 0 Å². The molecular weight excluding hydrogens is 236 g/mol. The van der Waals surface area contributed by atoms with Crippen LogP contribution in [0.15, 0.2) is 18.2 Å². The van der Waals surface area contributed by atoms with Gasteiger partial charge in [0.1, 0.15) is 5.75 Å². The van der Waals surface area contributed by atoms with Crippen LogP contribution in [0.2, 0.25) is 0 Å². The zero-order valence-corrected chi connectivity index (χ0v) is 10.6. The van der Waals surface area contributed by atoms with E-state index in [1.807, 2.05) is 0 Å². The van der Waals surface area contributed by atoms with Crippen molar-refractivity contribution in [3.05, 3.63) is 29.3 Å². The van der Waals surface area contributed by atoms with Crippen molar-refractivity contribution in [2.24, 2.45) is 5.73 Å². The molecule has 1 aliphatic carbocycles. The number of ether oxygens (including phenoxy) is 1. The number of methoxy groups -OCH3 is 1. The molecule has 0 aliphatic heterocycles. The minimum Gasteiger partial charge on any atom is -0.497 e. The molecule has 0 amide bonds. The molecule has 100 valence electrons. The first-order valence-electron chi connectivity index (χ1n) is 6.29. The molecule has 0 aromatic heterocycles. The molecule has 4 heteroatoms. The number of alkyl halides is 2. The van der Waals surface area contributed by atoms with E-state index < -0.39 is 6.43 Å². The summed E-state index contributed by atoms with van der Waals surface area (Å²) in [6, 6.07) is 4.79. The van der Waals surface area contributed by atoms with Gasteiger partial charge in [0.25, 0.3) is 6.43 Å². The van der Waals surface area contributed by atoms with Crippen molar-refractivity contribution >= 4 is 0 Å². The summed E-state index contributed by atoms with van der Waals surface area (Å²) in [6.07, 6.45) is 1.41. The maximum absolute atomic E-state index is 13.1. The molecule has 1 fully saturated rings. The molecular formula is C14H19F2NO. The Hall–Kier alpha value is -1.16. The van der Waals surface area contributed by atoms with Crippen LogP contribution in [-0.4, -0.2) is 13.7 Å². The SMILES string of the molecule is COc1ccc(C(F)F)c(C2(CN)CCCC2)c1. The Morgan fingerprint density at radius 3 is 2.50 bits per heavy atom. The van der Waals surface area contributed by atoms with Crippen LogP contribution in [0.25, 0.3) is 0 Å². The summed E-state index contributed by atoms with van der Waals surface area (Å²) in [5.74, 6) is 0.620. The van der Waals surface area contributed by atoms with Gasteiger partial charge in [-0.2, -0.15) is 0 Å². The lowest BCUT2D eigenvalue weighted by Gasteiger charge is -2.30. The molecule has 1 aliphatic rings. The molecule has 0 unspecified atom stereocenters. The lowest BCUT2D eigenvalue weighted by Crippen LogP contribution is -2.33. The highest BCUT2D eigenvalue weighted by atomic mass is 19.3. The average molecular weight is 255 g/mol. The highest BCUT2D eigenvalue weighted by Gasteiger charge is 2.37. The first-order valence-corrected chi connectivity index (χ1v) is 6.29. The van der Waals surface area contributed by atoms with Crippen LogP contribution in [0.5, 0.6) is 5.75 Å². The van der Waals surface area contributed by atoms with Crippen LogP contribution < -0.4 is 10.5 Å². The Morgan fingerprint density at radius 1 is 1.33 bits per heavy atom. The van der Waals surface area contributed by atoms with E-state index in [0.717, 1.165) is 25.7 Å². The van der Waals surface area contributed by atoms with Gasteiger partial charge in [0.05, 0.1) is 7.11 Å². The summed E-state index contributed by atoms with van der Waals surface area (Å²) < 4.78 is 31.4. The van der Waals surface area contributed by atoms with E-state index in [9.17, 15) is 8.78 Å². The van der Waals surface area contributed by atoms with E-state index in [1.165, 1.54) is 6.07 Å². The van der Waals surface area contributed by atoms with Crippen molar-refractivity contribution in [3.63, 3.8) is 0 Å². The Kier molecular flexibility index (Phi) is 3.85. The molecule has 2 rings (SSSR count). The van der Waals surface area contributed by atoms with Gasteiger partial charge in [-0.25, -0.2) is 8.78 Å². The molecule has 2 nitrogen and oxygen atoms in total. The summed E-state index contributed by atoms with van der Waals surface area (Å²) in [4.78, 5) is 0. The number of hydrogen-bond donors (Lipinski definition) is 1. The second-order valence-corrected chi connectivity index (χ2v) is 4.95. The summed E-state index contributed by atoms with van der Waals surface area (Å²) in [7, 11) is 1.55. The molecule has 0 atom stereocenters. The van der Waals surface area contributed by atoms with Crippen molar-refractivity contribution in [2.45, 2.75) is 37.5 Å². The third-order valence-electron chi connectivity index (χ3n) is 4.02. The molecule has 18 heavy (non-hydrogen) atoms. The van der Waals surface area contributed by atoms with Crippen LogP contribution in [0, 0.1) is 0 Å². The number of halogens is 2. The summed E-state index contributed by atoms with van der Waals surface area (Å²) in [5, 5.41) is 0. The maximum atomic E-state index is 13.1. The first kappa shape index (κ1) is 13.3. The minimum absolute atomic E-state index is 0.100. The van der Waals surface area contributed by atoms with Gasteiger partial charge in [-0.05, 0) is 36.6 Å². The fourth-order valence-corrected chi connectivity index (χ4v) is 2.95. The first-order chi connectivity index (χ1) is 8.63. The Bertz CT molecular complexity index is 414. The number of hydrogen-bond acceptors (Lipinski definition) is 2. The van der Waals surface area contributed by atoms with Gasteiger partial charge >= 0.3 is 0 Å². The summed E-state index contributed by atoms with van der Waals surface area (Å²) >= 11 is 0. The van der Waals surface area contributed by atoms with Gasteiger partial charge in [0.15, 0.2) is 0 Å². The minimum atomic E-state index is -2.46. The fraction of sp³-hybridized carbons (Fsp3) is 0.571. The molecule has 0 saturated heterocycles. The van der Waals surface area contributed by atoms with Crippen LogP contribution in [0.1, 0.15) is 43.2 Å². The third kappa shape index (κ3) is 2.21. The van der Waals surface area contributed by atoms with Gasteiger partial charge in [-0.3, -0.25) is 0 Å². The van der Waals surface area contributed by atoms with E-state index in [-0.39, 0.29) is 11.0 Å². The quantitative estimate of drug-likeness (QED) is 0.895. The van der Waals surface area contributed by atoms with E-state index in [0.29, 0.717) is 17.9 Å². The summed E-state index contributed by atoms with van der Waals surface area (Å²) in [6.45, 7) is 0.417. The fourth-order valence-electron chi connectivity index (χ4n) is 2.95. The standard InChI is InChI=1S/C14H19F2NO/c1-18-10-4-5-11(13(15)16)12(8-10)14(9-17)6-2-3-7-14/h4-5,8,13H,2-3,6-7,9,17H2,1H3. The molecule has 1 aromatic rings. The maximum Gasteiger partial charge on any atom is 0.264 e. The van der Waals surface area contributed by atoms with Gasteiger partial charge < -0.3 is 10.5 Å². The van der Waals surface area contributed by atoms with Crippen molar-refractivity contribution < 1.29 is 13.5 Å². The summed E-state index contributed by atoms with van der Waals surface area (Å²) in [5.41, 5.74) is 6.36. The van der Waals surface area contributed by atoms with Gasteiger partial charge in [0.2, 0.25) is 0 Å². The van der Waals surface area contributed by atoms with E-state index in [1.54, 1.807) is 19.2 Å². The van der Waals surface area contributed by atoms with Gasteiger partial charge in [-0.1, -0.05) is 12.8 Å². The largest absolute Gasteiger partial charge is 0.497 e. The van der Waals surface area contributed by atoms with Gasteiger partial charge in [0, 0.05) is 17.5 Å². The Balaban J connectivity index is 2.51. The van der Waals surface area contributed by atoms with Crippen LogP contribution in [-0.2, 0) is 5.41 Å². The average Bonchev–Trinajstić information content (AvgIpc) is 2.87. The smallest absolute Gasteiger partial charge is 0.264 e. The van der Waals surface area contributed by atoms with E-state index >= 15 is 0 Å². The molecule has 1 saturated carbocycles. The highest BCUT2D eigenvalue weighted by molar-refractivity contribution is 5.42. The predicted octanol–water partition coefficient (Wildman–Crippen LogP) is 3.40. The molecule has 0 radical (unpaired) electrons. The zero-order chi connectivity index (χ0) is 13.2. The molecule has 0 heterocycles. The zero-order valence-electron chi connectivity index (χ0n) is 10.6. The van der Waals surface area contributed by atoms with E-state index in [2.05, 4.69) is 0 Å². The van der Waals surface area contributed by atoms with Gasteiger partial charge in [-0.15, -0.1) is 0 Å². The van der Waals surface area contributed by atoms with Crippen molar-refractivity contribution in [1.82, 2.24) is 0 Å². The molecule has 2 N–H and O–H groups in total. The Morgan fingerprint density at radius 2 is 2.00 bits per heavy atom. The lowest BCUT2D eigenvalue weighted by molar-refractivity contribution is 0.148. The third-order valence-corrected chi connectivity index (χ3v) is 4.02. The van der Waals surface area contributed by atoms with Crippen molar-refractivity contribution in [3.8, 4) is 5.75 Å². The number of benzene rings is 1. The van der Waals surface area contributed by atoms with Crippen LogP contribution in [0.4, 0.5) is 8.78 Å². The number of rotatable bonds is 4. The highest BCUT2D eigenvalue weighted by Crippen LogP contribution is 2.44. The second-order valence-electron chi connectivity index (χ2n) is 4.95. The second kappa shape index (κ2) is 5.22. The van der Waals surface area contributed by atoms with Crippen LogP contribution in [0.3, 0.4) is 0 Å². The predicted molar refractivity (Wildman–Crippen MR) is 67.2 cm³/mol. The lowest BCUT2D eigenvalue weighted by atomic mass is 9.76. The molecule has 1 aromatic carbocycles. The molecule has 0 bridgehead atoms.